The zero-order valence-corrected chi connectivity index (χ0v) is 13.4. The number of halogens is 1. The molecule has 6 heteroatoms. The molecule has 0 radical (unpaired) electrons. The minimum Gasteiger partial charge on any atom is -0.377 e. The first-order chi connectivity index (χ1) is 9.33. The van der Waals surface area contributed by atoms with E-state index in [0.29, 0.717) is 6.10 Å². The van der Waals surface area contributed by atoms with E-state index < -0.39 is 0 Å². The SMILES string of the molecule is CCOC1CCCN(c2nc3sccn3c2CBr)C1. The summed E-state index contributed by atoms with van der Waals surface area (Å²) in [5.74, 6) is 1.12. The lowest BCUT2D eigenvalue weighted by molar-refractivity contribution is 0.0525. The van der Waals surface area contributed by atoms with Gasteiger partial charge in [0.05, 0.1) is 11.8 Å². The van der Waals surface area contributed by atoms with Crippen LogP contribution in [0.2, 0.25) is 0 Å². The van der Waals surface area contributed by atoms with Crippen molar-refractivity contribution in [3.8, 4) is 0 Å². The second kappa shape index (κ2) is 5.81. The molecule has 1 aliphatic rings. The van der Waals surface area contributed by atoms with Gasteiger partial charge in [0, 0.05) is 36.6 Å². The molecule has 0 spiro atoms. The van der Waals surface area contributed by atoms with Crippen LogP contribution in [0.1, 0.15) is 25.5 Å². The molecule has 104 valence electrons. The lowest BCUT2D eigenvalue weighted by Crippen LogP contribution is -2.40. The number of thiazole rings is 1. The van der Waals surface area contributed by atoms with Gasteiger partial charge in [-0.3, -0.25) is 4.40 Å². The normalized spacial score (nSPS) is 20.3. The number of nitrogens with zero attached hydrogens (tertiary/aromatic N) is 3. The monoisotopic (exact) mass is 343 g/mol. The van der Waals surface area contributed by atoms with Crippen molar-refractivity contribution in [3.05, 3.63) is 17.3 Å². The Bertz CT molecular complexity index is 551. The number of anilines is 1. The van der Waals surface area contributed by atoms with Crippen molar-refractivity contribution in [1.29, 1.82) is 0 Å². The van der Waals surface area contributed by atoms with Crippen molar-refractivity contribution in [2.24, 2.45) is 0 Å². The van der Waals surface area contributed by atoms with Gasteiger partial charge in [-0.1, -0.05) is 15.9 Å². The van der Waals surface area contributed by atoms with Crippen LogP contribution in [0.3, 0.4) is 0 Å². The fourth-order valence-corrected chi connectivity index (χ4v) is 3.95. The van der Waals surface area contributed by atoms with E-state index in [1.165, 1.54) is 12.1 Å². The summed E-state index contributed by atoms with van der Waals surface area (Å²) in [6.07, 6.45) is 4.78. The van der Waals surface area contributed by atoms with Gasteiger partial charge in [-0.25, -0.2) is 4.98 Å². The molecule has 19 heavy (non-hydrogen) atoms. The molecule has 3 heterocycles. The molecule has 1 atom stereocenters. The summed E-state index contributed by atoms with van der Waals surface area (Å²) in [5, 5.41) is 2.91. The van der Waals surface area contributed by atoms with Crippen molar-refractivity contribution >= 4 is 38.0 Å². The number of hydrogen-bond donors (Lipinski definition) is 0. The Morgan fingerprint density at radius 3 is 3.26 bits per heavy atom. The Morgan fingerprint density at radius 1 is 1.58 bits per heavy atom. The summed E-state index contributed by atoms with van der Waals surface area (Å²) >= 11 is 5.28. The third-order valence-corrected chi connectivity index (χ3v) is 4.83. The summed E-state index contributed by atoms with van der Waals surface area (Å²) in [6.45, 7) is 4.89. The molecule has 0 saturated carbocycles. The maximum absolute atomic E-state index is 5.78. The maximum Gasteiger partial charge on any atom is 0.195 e. The number of fused-ring (bicyclic) bond motifs is 1. The molecule has 1 saturated heterocycles. The molecule has 1 fully saturated rings. The molecule has 0 N–H and O–H groups in total. The molecule has 0 aliphatic carbocycles. The Balaban J connectivity index is 1.88. The van der Waals surface area contributed by atoms with Gasteiger partial charge in [0.15, 0.2) is 10.8 Å². The van der Waals surface area contributed by atoms with Crippen molar-refractivity contribution in [3.63, 3.8) is 0 Å². The highest BCUT2D eigenvalue weighted by Gasteiger charge is 2.25. The summed E-state index contributed by atoms with van der Waals surface area (Å²) in [5.41, 5.74) is 1.24. The number of rotatable bonds is 4. The zero-order valence-electron chi connectivity index (χ0n) is 11.0. The van der Waals surface area contributed by atoms with Crippen LogP contribution in [-0.4, -0.2) is 35.2 Å². The van der Waals surface area contributed by atoms with Gasteiger partial charge in [0.2, 0.25) is 0 Å². The topological polar surface area (TPSA) is 29.8 Å². The molecule has 1 aliphatic heterocycles. The molecule has 2 aromatic heterocycles. The zero-order chi connectivity index (χ0) is 13.2. The Labute approximate surface area is 125 Å². The van der Waals surface area contributed by atoms with Gasteiger partial charge in [-0.05, 0) is 19.8 Å². The predicted molar refractivity (Wildman–Crippen MR) is 82.6 cm³/mol. The first-order valence-electron chi connectivity index (χ1n) is 6.70. The van der Waals surface area contributed by atoms with E-state index in [2.05, 4.69) is 43.7 Å². The summed E-state index contributed by atoms with van der Waals surface area (Å²) in [4.78, 5) is 8.23. The van der Waals surface area contributed by atoms with Gasteiger partial charge < -0.3 is 9.64 Å². The van der Waals surface area contributed by atoms with Crippen LogP contribution in [0.25, 0.3) is 4.96 Å². The average molecular weight is 344 g/mol. The highest BCUT2D eigenvalue weighted by atomic mass is 79.9. The third kappa shape index (κ3) is 2.53. The third-order valence-electron chi connectivity index (χ3n) is 3.55. The molecule has 3 rings (SSSR count). The molecule has 2 aromatic rings. The Hall–Kier alpha value is -0.590. The Morgan fingerprint density at radius 2 is 2.47 bits per heavy atom. The van der Waals surface area contributed by atoms with Gasteiger partial charge in [0.25, 0.3) is 0 Å². The van der Waals surface area contributed by atoms with Crippen molar-refractivity contribution in [2.75, 3.05) is 24.6 Å². The lowest BCUT2D eigenvalue weighted by atomic mass is 10.1. The fourth-order valence-electron chi connectivity index (χ4n) is 2.70. The van der Waals surface area contributed by atoms with Gasteiger partial charge in [0.1, 0.15) is 0 Å². The largest absolute Gasteiger partial charge is 0.377 e. The summed E-state index contributed by atoms with van der Waals surface area (Å²) in [6, 6.07) is 0. The van der Waals surface area contributed by atoms with Gasteiger partial charge in [-0.2, -0.15) is 0 Å². The summed E-state index contributed by atoms with van der Waals surface area (Å²) in [7, 11) is 0. The van der Waals surface area contributed by atoms with Crippen LogP contribution in [0.4, 0.5) is 5.82 Å². The minimum atomic E-state index is 0.349. The summed E-state index contributed by atoms with van der Waals surface area (Å²) < 4.78 is 7.96. The van der Waals surface area contributed by atoms with Crippen LogP contribution in [-0.2, 0) is 10.1 Å². The van der Waals surface area contributed by atoms with Crippen LogP contribution in [0, 0.1) is 0 Å². The van der Waals surface area contributed by atoms with E-state index in [4.69, 9.17) is 9.72 Å². The highest BCUT2D eigenvalue weighted by molar-refractivity contribution is 9.08. The number of hydrogen-bond acceptors (Lipinski definition) is 4. The number of ether oxygens (including phenoxy) is 1. The van der Waals surface area contributed by atoms with E-state index in [0.717, 1.165) is 42.2 Å². The molecule has 0 bridgehead atoms. The molecule has 4 nitrogen and oxygen atoms in total. The maximum atomic E-state index is 5.78. The first kappa shape index (κ1) is 13.4. The van der Waals surface area contributed by atoms with E-state index in [-0.39, 0.29) is 0 Å². The Kier molecular flexibility index (Phi) is 4.10. The second-order valence-corrected chi connectivity index (χ2v) is 6.17. The van der Waals surface area contributed by atoms with E-state index >= 15 is 0 Å². The second-order valence-electron chi connectivity index (χ2n) is 4.74. The number of piperidine rings is 1. The minimum absolute atomic E-state index is 0.349. The quantitative estimate of drug-likeness (QED) is 0.797. The number of aromatic nitrogens is 2. The molecule has 1 unspecified atom stereocenters. The predicted octanol–water partition coefficient (Wildman–Crippen LogP) is 3.30. The van der Waals surface area contributed by atoms with Crippen LogP contribution < -0.4 is 4.90 Å². The average Bonchev–Trinajstić information content (AvgIpc) is 2.99. The fraction of sp³-hybridized carbons (Fsp3) is 0.615. The van der Waals surface area contributed by atoms with Gasteiger partial charge in [-0.15, -0.1) is 11.3 Å². The number of alkyl halides is 1. The van der Waals surface area contributed by atoms with Crippen LogP contribution in [0.5, 0.6) is 0 Å². The van der Waals surface area contributed by atoms with E-state index in [1.807, 2.05) is 0 Å². The van der Waals surface area contributed by atoms with Crippen LogP contribution in [0.15, 0.2) is 11.6 Å². The standard InChI is InChI=1S/C13H18BrN3OS/c1-2-18-10-4-3-5-16(9-10)12-11(8-14)17-6-7-19-13(17)15-12/h6-7,10H,2-5,8-9H2,1H3. The highest BCUT2D eigenvalue weighted by Crippen LogP contribution is 2.29. The smallest absolute Gasteiger partial charge is 0.195 e. The number of imidazole rings is 1. The molecule has 0 amide bonds. The first-order valence-corrected chi connectivity index (χ1v) is 8.70. The van der Waals surface area contributed by atoms with E-state index in [9.17, 15) is 0 Å². The molecule has 0 aromatic carbocycles. The van der Waals surface area contributed by atoms with E-state index in [1.54, 1.807) is 11.3 Å². The molecular weight excluding hydrogens is 326 g/mol. The van der Waals surface area contributed by atoms with Crippen LogP contribution >= 0.6 is 27.3 Å². The van der Waals surface area contributed by atoms with Gasteiger partial charge >= 0.3 is 0 Å². The molecular formula is C13H18BrN3OS. The van der Waals surface area contributed by atoms with Crippen molar-refractivity contribution in [2.45, 2.75) is 31.2 Å². The lowest BCUT2D eigenvalue weighted by Gasteiger charge is -2.33. The van der Waals surface area contributed by atoms with Crippen molar-refractivity contribution < 1.29 is 4.74 Å². The van der Waals surface area contributed by atoms with Crippen molar-refractivity contribution in [1.82, 2.24) is 9.38 Å².